The summed E-state index contributed by atoms with van der Waals surface area (Å²) in [6.45, 7) is 2.91. The lowest BCUT2D eigenvalue weighted by Gasteiger charge is -2.08. The quantitative estimate of drug-likeness (QED) is 0.786. The molecule has 1 fully saturated rings. The highest BCUT2D eigenvalue weighted by Gasteiger charge is 2.45. The van der Waals surface area contributed by atoms with Gasteiger partial charge in [-0.05, 0) is 36.2 Å². The molecule has 1 heterocycles. The zero-order valence-electron chi connectivity index (χ0n) is 13.2. The minimum absolute atomic E-state index is 0.142. The Hall–Kier alpha value is -2.09. The Morgan fingerprint density at radius 2 is 2.29 bits per heavy atom. The smallest absolute Gasteiger partial charge is 0.223 e. The Balaban J connectivity index is 1.55. The zero-order chi connectivity index (χ0) is 17.3. The number of nitrogens with one attached hydrogen (secondary N) is 2. The first kappa shape index (κ1) is 16.8. The maximum atomic E-state index is 13.8. The van der Waals surface area contributed by atoms with Gasteiger partial charge in [0.1, 0.15) is 5.82 Å². The lowest BCUT2D eigenvalue weighted by molar-refractivity contribution is -0.122. The van der Waals surface area contributed by atoms with Crippen LogP contribution >= 0.6 is 12.2 Å². The molecule has 0 radical (unpaired) electrons. The highest BCUT2D eigenvalue weighted by Crippen LogP contribution is 2.48. The lowest BCUT2D eigenvalue weighted by Crippen LogP contribution is -2.29. The number of hydrogen-bond acceptors (Lipinski definition) is 3. The molecule has 2 atom stereocenters. The zero-order valence-corrected chi connectivity index (χ0v) is 14.0. The van der Waals surface area contributed by atoms with E-state index in [1.54, 1.807) is 0 Å². The molecule has 128 valence electrons. The third-order valence-corrected chi connectivity index (χ3v) is 4.61. The van der Waals surface area contributed by atoms with Crippen LogP contribution in [0.4, 0.5) is 8.78 Å². The summed E-state index contributed by atoms with van der Waals surface area (Å²) in [5.41, 5.74) is 0.278. The molecule has 2 N–H and O–H groups in total. The Kier molecular flexibility index (Phi) is 4.75. The van der Waals surface area contributed by atoms with Gasteiger partial charge in [-0.2, -0.15) is 5.10 Å². The fourth-order valence-electron chi connectivity index (χ4n) is 2.91. The van der Waals surface area contributed by atoms with Gasteiger partial charge in [0, 0.05) is 25.4 Å². The van der Waals surface area contributed by atoms with Crippen LogP contribution in [0.3, 0.4) is 0 Å². The van der Waals surface area contributed by atoms with Gasteiger partial charge in [0.15, 0.2) is 16.4 Å². The topological polar surface area (TPSA) is 62.7 Å². The number of halogens is 2. The SMILES string of the molecule is CCc1n[nH]c(=S)n1CCNC(=O)[C@H]1C[C@@H]1c1cccc(F)c1F. The van der Waals surface area contributed by atoms with Gasteiger partial charge in [0.05, 0.1) is 0 Å². The van der Waals surface area contributed by atoms with Crippen molar-refractivity contribution in [2.75, 3.05) is 6.54 Å². The molecule has 1 aliphatic rings. The van der Waals surface area contributed by atoms with Crippen LogP contribution in [0.1, 0.15) is 30.7 Å². The second kappa shape index (κ2) is 6.80. The number of amides is 1. The van der Waals surface area contributed by atoms with E-state index in [9.17, 15) is 13.6 Å². The van der Waals surface area contributed by atoms with E-state index in [0.29, 0.717) is 24.3 Å². The van der Waals surface area contributed by atoms with Crippen molar-refractivity contribution < 1.29 is 13.6 Å². The minimum Gasteiger partial charge on any atom is -0.354 e. The largest absolute Gasteiger partial charge is 0.354 e. The summed E-state index contributed by atoms with van der Waals surface area (Å²) in [5.74, 6) is -1.58. The van der Waals surface area contributed by atoms with Crippen LogP contribution in [0.15, 0.2) is 18.2 Å². The van der Waals surface area contributed by atoms with Crippen LogP contribution in [-0.2, 0) is 17.8 Å². The monoisotopic (exact) mass is 352 g/mol. The number of aromatic nitrogens is 3. The molecule has 0 saturated heterocycles. The van der Waals surface area contributed by atoms with Crippen LogP contribution < -0.4 is 5.32 Å². The fourth-order valence-corrected chi connectivity index (χ4v) is 3.15. The molecule has 0 unspecified atom stereocenters. The second-order valence-corrected chi connectivity index (χ2v) is 6.22. The van der Waals surface area contributed by atoms with Gasteiger partial charge in [-0.15, -0.1) is 0 Å². The number of carbonyl (C=O) groups excluding carboxylic acids is 1. The van der Waals surface area contributed by atoms with E-state index in [4.69, 9.17) is 12.2 Å². The summed E-state index contributed by atoms with van der Waals surface area (Å²) < 4.78 is 29.4. The molecule has 1 amide bonds. The van der Waals surface area contributed by atoms with Crippen molar-refractivity contribution in [3.63, 3.8) is 0 Å². The van der Waals surface area contributed by atoms with E-state index in [1.807, 2.05) is 11.5 Å². The summed E-state index contributed by atoms with van der Waals surface area (Å²) in [7, 11) is 0. The number of benzene rings is 1. The molecule has 1 aromatic carbocycles. The van der Waals surface area contributed by atoms with Crippen molar-refractivity contribution in [2.45, 2.75) is 32.2 Å². The number of H-pyrrole nitrogens is 1. The van der Waals surface area contributed by atoms with E-state index in [-0.39, 0.29) is 23.3 Å². The summed E-state index contributed by atoms with van der Waals surface area (Å²) >= 11 is 5.15. The third-order valence-electron chi connectivity index (χ3n) is 4.30. The first-order valence-electron chi connectivity index (χ1n) is 7.88. The molecule has 5 nitrogen and oxygen atoms in total. The van der Waals surface area contributed by atoms with E-state index < -0.39 is 11.6 Å². The van der Waals surface area contributed by atoms with Gasteiger partial charge in [0.2, 0.25) is 5.91 Å². The average Bonchev–Trinajstić information content (AvgIpc) is 3.28. The Labute approximate surface area is 143 Å². The van der Waals surface area contributed by atoms with Crippen molar-refractivity contribution in [1.82, 2.24) is 20.1 Å². The minimum atomic E-state index is -0.875. The van der Waals surface area contributed by atoms with E-state index in [1.165, 1.54) is 12.1 Å². The number of rotatable bonds is 6. The van der Waals surface area contributed by atoms with Gasteiger partial charge in [-0.1, -0.05) is 19.1 Å². The molecular formula is C16H18F2N4OS. The van der Waals surface area contributed by atoms with Gasteiger partial charge in [-0.25, -0.2) is 8.78 Å². The van der Waals surface area contributed by atoms with Crippen LogP contribution in [0, 0.1) is 22.3 Å². The standard InChI is InChI=1S/C16H18F2N4OS/c1-2-13-20-21-16(24)22(13)7-6-19-15(23)11-8-10(11)9-4-3-5-12(17)14(9)18/h3-5,10-11H,2,6-8H2,1H3,(H,19,23)(H,21,24)/t10-,11+/m1/s1. The van der Waals surface area contributed by atoms with Crippen molar-refractivity contribution in [2.24, 2.45) is 5.92 Å². The van der Waals surface area contributed by atoms with Gasteiger partial charge >= 0.3 is 0 Å². The predicted octanol–water partition coefficient (Wildman–Crippen LogP) is 2.70. The Morgan fingerprint density at radius 1 is 1.50 bits per heavy atom. The van der Waals surface area contributed by atoms with Gasteiger partial charge in [0.25, 0.3) is 0 Å². The van der Waals surface area contributed by atoms with Crippen molar-refractivity contribution in [1.29, 1.82) is 0 Å². The highest BCUT2D eigenvalue weighted by atomic mass is 32.1. The van der Waals surface area contributed by atoms with Crippen LogP contribution in [0.5, 0.6) is 0 Å². The fraction of sp³-hybridized carbons (Fsp3) is 0.438. The molecule has 1 saturated carbocycles. The Morgan fingerprint density at radius 3 is 3.04 bits per heavy atom. The summed E-state index contributed by atoms with van der Waals surface area (Å²) in [4.78, 5) is 12.2. The number of aryl methyl sites for hydroxylation is 1. The van der Waals surface area contributed by atoms with Crippen LogP contribution in [-0.4, -0.2) is 27.2 Å². The third kappa shape index (κ3) is 3.24. The maximum Gasteiger partial charge on any atom is 0.223 e. The number of carbonyl (C=O) groups is 1. The van der Waals surface area contributed by atoms with Gasteiger partial charge < -0.3 is 9.88 Å². The Bertz CT molecular complexity index is 817. The molecule has 0 bridgehead atoms. The number of nitrogens with zero attached hydrogens (tertiary/aromatic N) is 2. The molecule has 1 aliphatic carbocycles. The molecule has 0 spiro atoms. The van der Waals surface area contributed by atoms with Crippen LogP contribution in [0.2, 0.25) is 0 Å². The second-order valence-electron chi connectivity index (χ2n) is 5.83. The van der Waals surface area contributed by atoms with Gasteiger partial charge in [-0.3, -0.25) is 9.89 Å². The first-order valence-corrected chi connectivity index (χ1v) is 8.29. The first-order chi connectivity index (χ1) is 11.5. The average molecular weight is 352 g/mol. The number of hydrogen-bond donors (Lipinski definition) is 2. The van der Waals surface area contributed by atoms with E-state index in [2.05, 4.69) is 15.5 Å². The normalized spacial score (nSPS) is 19.3. The van der Waals surface area contributed by atoms with E-state index >= 15 is 0 Å². The summed E-state index contributed by atoms with van der Waals surface area (Å²) in [6, 6.07) is 4.08. The lowest BCUT2D eigenvalue weighted by atomic mass is 10.1. The molecule has 0 aliphatic heterocycles. The molecular weight excluding hydrogens is 334 g/mol. The molecule has 8 heteroatoms. The van der Waals surface area contributed by atoms with Crippen molar-refractivity contribution in [3.8, 4) is 0 Å². The molecule has 24 heavy (non-hydrogen) atoms. The maximum absolute atomic E-state index is 13.8. The highest BCUT2D eigenvalue weighted by molar-refractivity contribution is 7.71. The summed E-state index contributed by atoms with van der Waals surface area (Å²) in [6.07, 6.45) is 1.28. The number of aromatic amines is 1. The van der Waals surface area contributed by atoms with E-state index in [0.717, 1.165) is 18.3 Å². The molecule has 3 rings (SSSR count). The predicted molar refractivity (Wildman–Crippen MR) is 87.0 cm³/mol. The molecule has 2 aromatic rings. The van der Waals surface area contributed by atoms with Crippen LogP contribution in [0.25, 0.3) is 0 Å². The molecule has 1 aromatic heterocycles. The van der Waals surface area contributed by atoms with Crippen molar-refractivity contribution >= 4 is 18.1 Å². The van der Waals surface area contributed by atoms with Crippen molar-refractivity contribution in [3.05, 3.63) is 46.0 Å². The summed E-state index contributed by atoms with van der Waals surface area (Å²) in [5, 5.41) is 9.66.